The van der Waals surface area contributed by atoms with Crippen molar-refractivity contribution in [3.8, 4) is 0 Å². The fourth-order valence-corrected chi connectivity index (χ4v) is 2.86. The number of carbonyl (C=O) groups is 1. The molecular weight excluding hydrogens is 282 g/mol. The molecule has 1 amide bonds. The van der Waals surface area contributed by atoms with E-state index >= 15 is 0 Å². The van der Waals surface area contributed by atoms with E-state index in [1.54, 1.807) is 11.7 Å². The first kappa shape index (κ1) is 14.5. The van der Waals surface area contributed by atoms with E-state index < -0.39 is 0 Å². The van der Waals surface area contributed by atoms with Gasteiger partial charge in [0.25, 0.3) is 11.5 Å². The first-order valence-corrected chi connectivity index (χ1v) is 7.37. The molecule has 3 rings (SSSR count). The highest BCUT2D eigenvalue weighted by Crippen LogP contribution is 2.27. The predicted octanol–water partition coefficient (Wildman–Crippen LogP) is 0.534. The second kappa shape index (κ2) is 5.75. The Labute approximate surface area is 128 Å². The molecule has 0 aromatic carbocycles. The molecule has 0 saturated carbocycles. The van der Waals surface area contributed by atoms with E-state index in [0.29, 0.717) is 18.2 Å². The maximum absolute atomic E-state index is 12.6. The Hall–Kier alpha value is -2.44. The Kier molecular flexibility index (Phi) is 3.79. The van der Waals surface area contributed by atoms with E-state index in [1.807, 2.05) is 24.3 Å². The predicted molar refractivity (Wildman–Crippen MR) is 80.6 cm³/mol. The van der Waals surface area contributed by atoms with E-state index in [2.05, 4.69) is 10.2 Å². The molecule has 0 bridgehead atoms. The van der Waals surface area contributed by atoms with Crippen molar-refractivity contribution in [3.63, 3.8) is 0 Å². The van der Waals surface area contributed by atoms with Crippen molar-refractivity contribution in [2.45, 2.75) is 18.8 Å². The van der Waals surface area contributed by atoms with Crippen molar-refractivity contribution in [2.75, 3.05) is 13.1 Å². The van der Waals surface area contributed by atoms with Crippen LogP contribution in [0.5, 0.6) is 0 Å². The lowest BCUT2D eigenvalue weighted by Crippen LogP contribution is -2.40. The Morgan fingerprint density at radius 3 is 2.82 bits per heavy atom. The zero-order valence-electron chi connectivity index (χ0n) is 12.8. The van der Waals surface area contributed by atoms with Crippen LogP contribution in [0, 0.1) is 0 Å². The monoisotopic (exact) mass is 301 g/mol. The van der Waals surface area contributed by atoms with Crippen LogP contribution in [0.25, 0.3) is 0 Å². The SMILES string of the molecule is Cn1cc(C2CCCN(C(=O)c3ccc(=O)n(C)n3)C2)cn1. The van der Waals surface area contributed by atoms with Crippen molar-refractivity contribution in [1.82, 2.24) is 24.5 Å². The number of aryl methyl sites for hydroxylation is 2. The third-order valence-corrected chi connectivity index (χ3v) is 4.08. The zero-order valence-corrected chi connectivity index (χ0v) is 12.8. The Bertz CT molecular complexity index is 748. The minimum absolute atomic E-state index is 0.121. The van der Waals surface area contributed by atoms with Crippen molar-refractivity contribution < 1.29 is 4.79 Å². The summed E-state index contributed by atoms with van der Waals surface area (Å²) in [5.41, 5.74) is 1.26. The summed E-state index contributed by atoms with van der Waals surface area (Å²) in [5, 5.41) is 8.25. The largest absolute Gasteiger partial charge is 0.337 e. The molecule has 0 N–H and O–H groups in total. The highest BCUT2D eigenvalue weighted by Gasteiger charge is 2.27. The minimum atomic E-state index is -0.219. The number of hydrogen-bond acceptors (Lipinski definition) is 4. The molecule has 116 valence electrons. The molecule has 0 spiro atoms. The second-order valence-corrected chi connectivity index (χ2v) is 5.72. The molecule has 22 heavy (non-hydrogen) atoms. The molecule has 2 aromatic heterocycles. The highest BCUT2D eigenvalue weighted by molar-refractivity contribution is 5.92. The molecule has 2 aromatic rings. The lowest BCUT2D eigenvalue weighted by molar-refractivity contribution is 0.0698. The van der Waals surface area contributed by atoms with Gasteiger partial charge in [0.05, 0.1) is 6.20 Å². The topological polar surface area (TPSA) is 73.0 Å². The third-order valence-electron chi connectivity index (χ3n) is 4.08. The summed E-state index contributed by atoms with van der Waals surface area (Å²) in [6, 6.07) is 2.88. The van der Waals surface area contributed by atoms with Crippen molar-refractivity contribution >= 4 is 5.91 Å². The fourth-order valence-electron chi connectivity index (χ4n) is 2.86. The number of likely N-dealkylation sites (tertiary alicyclic amines) is 1. The van der Waals surface area contributed by atoms with Crippen molar-refractivity contribution in [3.05, 3.63) is 46.1 Å². The summed E-state index contributed by atoms with van der Waals surface area (Å²) in [7, 11) is 3.44. The number of aromatic nitrogens is 4. The van der Waals surface area contributed by atoms with Crippen molar-refractivity contribution in [2.24, 2.45) is 14.1 Å². The summed E-state index contributed by atoms with van der Waals surface area (Å²) in [6.45, 7) is 1.38. The molecule has 0 radical (unpaired) electrons. The number of hydrogen-bond donors (Lipinski definition) is 0. The molecular formula is C15H19N5O2. The fraction of sp³-hybridized carbons (Fsp3) is 0.467. The van der Waals surface area contributed by atoms with Crippen LogP contribution in [0.2, 0.25) is 0 Å². The van der Waals surface area contributed by atoms with Gasteiger partial charge in [0.2, 0.25) is 0 Å². The van der Waals surface area contributed by atoms with Gasteiger partial charge in [-0.2, -0.15) is 10.2 Å². The number of piperidine rings is 1. The van der Waals surface area contributed by atoms with Gasteiger partial charge in [0, 0.05) is 45.4 Å². The van der Waals surface area contributed by atoms with Gasteiger partial charge in [-0.1, -0.05) is 0 Å². The van der Waals surface area contributed by atoms with E-state index in [-0.39, 0.29) is 11.5 Å². The third kappa shape index (κ3) is 2.79. The standard InChI is InChI=1S/C15H19N5O2/c1-18-9-12(8-16-18)11-4-3-7-20(10-11)15(22)13-5-6-14(21)19(2)17-13/h5-6,8-9,11H,3-4,7,10H2,1-2H3. The Morgan fingerprint density at radius 1 is 1.32 bits per heavy atom. The molecule has 7 nitrogen and oxygen atoms in total. The molecule has 3 heterocycles. The van der Waals surface area contributed by atoms with E-state index in [9.17, 15) is 9.59 Å². The van der Waals surface area contributed by atoms with Gasteiger partial charge in [0.1, 0.15) is 5.69 Å². The van der Waals surface area contributed by atoms with E-state index in [1.165, 1.54) is 16.8 Å². The number of nitrogens with zero attached hydrogens (tertiary/aromatic N) is 5. The summed E-state index contributed by atoms with van der Waals surface area (Å²) < 4.78 is 2.97. The number of amides is 1. The first-order chi connectivity index (χ1) is 10.5. The van der Waals surface area contributed by atoms with Crippen LogP contribution in [0.1, 0.15) is 34.8 Å². The molecule has 1 aliphatic rings. The zero-order chi connectivity index (χ0) is 15.7. The Balaban J connectivity index is 1.77. The quantitative estimate of drug-likeness (QED) is 0.811. The summed E-state index contributed by atoms with van der Waals surface area (Å²) in [6.07, 6.45) is 5.87. The molecule has 1 aliphatic heterocycles. The average Bonchev–Trinajstić information content (AvgIpc) is 2.96. The van der Waals surface area contributed by atoms with Crippen LogP contribution in [-0.2, 0) is 14.1 Å². The van der Waals surface area contributed by atoms with Crippen LogP contribution in [0.3, 0.4) is 0 Å². The number of carbonyl (C=O) groups excluding carboxylic acids is 1. The minimum Gasteiger partial charge on any atom is -0.337 e. The molecule has 0 aliphatic carbocycles. The van der Waals surface area contributed by atoms with Gasteiger partial charge >= 0.3 is 0 Å². The first-order valence-electron chi connectivity index (χ1n) is 7.37. The Morgan fingerprint density at radius 2 is 2.14 bits per heavy atom. The average molecular weight is 301 g/mol. The molecule has 1 saturated heterocycles. The van der Waals surface area contributed by atoms with Gasteiger partial charge in [-0.3, -0.25) is 14.3 Å². The van der Waals surface area contributed by atoms with Gasteiger partial charge in [-0.05, 0) is 24.5 Å². The van der Waals surface area contributed by atoms with Crippen molar-refractivity contribution in [1.29, 1.82) is 0 Å². The molecule has 7 heteroatoms. The van der Waals surface area contributed by atoms with Gasteiger partial charge in [-0.15, -0.1) is 0 Å². The highest BCUT2D eigenvalue weighted by atomic mass is 16.2. The van der Waals surface area contributed by atoms with Crippen LogP contribution in [0.15, 0.2) is 29.3 Å². The maximum Gasteiger partial charge on any atom is 0.274 e. The molecule has 1 unspecified atom stereocenters. The molecule has 1 fully saturated rings. The molecule has 1 atom stereocenters. The van der Waals surface area contributed by atoms with Crippen LogP contribution in [-0.4, -0.2) is 43.5 Å². The van der Waals surface area contributed by atoms with Crippen LogP contribution < -0.4 is 5.56 Å². The smallest absolute Gasteiger partial charge is 0.274 e. The summed E-state index contributed by atoms with van der Waals surface area (Å²) in [5.74, 6) is 0.183. The van der Waals surface area contributed by atoms with Gasteiger partial charge in [-0.25, -0.2) is 4.68 Å². The second-order valence-electron chi connectivity index (χ2n) is 5.72. The lowest BCUT2D eigenvalue weighted by atomic mass is 9.92. The van der Waals surface area contributed by atoms with Gasteiger partial charge in [0.15, 0.2) is 0 Å². The van der Waals surface area contributed by atoms with Crippen LogP contribution in [0.4, 0.5) is 0 Å². The van der Waals surface area contributed by atoms with E-state index in [4.69, 9.17) is 0 Å². The number of rotatable bonds is 2. The normalized spacial score (nSPS) is 18.5. The maximum atomic E-state index is 12.6. The van der Waals surface area contributed by atoms with Gasteiger partial charge < -0.3 is 4.90 Å². The van der Waals surface area contributed by atoms with Crippen LogP contribution >= 0.6 is 0 Å². The van der Waals surface area contributed by atoms with E-state index in [0.717, 1.165) is 24.9 Å². The lowest BCUT2D eigenvalue weighted by Gasteiger charge is -2.32. The summed E-state index contributed by atoms with van der Waals surface area (Å²) in [4.78, 5) is 25.8. The summed E-state index contributed by atoms with van der Waals surface area (Å²) >= 11 is 0.